The minimum absolute atomic E-state index is 0.0595. The monoisotopic (exact) mass is 344 g/mol. The van der Waals surface area contributed by atoms with Crippen molar-refractivity contribution in [1.82, 2.24) is 20.3 Å². The molecular weight excluding hydrogens is 324 g/mol. The second kappa shape index (κ2) is 6.35. The molecule has 0 aliphatic carbocycles. The third-order valence-electron chi connectivity index (χ3n) is 4.46. The van der Waals surface area contributed by atoms with Gasteiger partial charge in [-0.05, 0) is 13.3 Å². The standard InChI is InChI=1S/C16H20N6OS/c1-11-19-13-3-7-21(16-18-5-9-24-16)6-2-12(13)15(20-11)22-8-4-17-14(23)10-22/h5,9H,2-4,6-8,10H2,1H3,(H,17,23). The van der Waals surface area contributed by atoms with Crippen molar-refractivity contribution in [3.8, 4) is 0 Å². The minimum Gasteiger partial charge on any atom is -0.353 e. The lowest BCUT2D eigenvalue weighted by molar-refractivity contribution is -0.120. The molecule has 0 spiro atoms. The average molecular weight is 344 g/mol. The average Bonchev–Trinajstić information content (AvgIpc) is 3.02. The van der Waals surface area contributed by atoms with Crippen LogP contribution in [0.25, 0.3) is 0 Å². The van der Waals surface area contributed by atoms with Crippen LogP contribution < -0.4 is 15.1 Å². The van der Waals surface area contributed by atoms with E-state index in [1.807, 2.05) is 18.5 Å². The SMILES string of the molecule is Cc1nc2c(c(N3CCNC(=O)C3)n1)CCN(c1nccs1)CC2. The Labute approximate surface area is 144 Å². The second-order valence-electron chi connectivity index (χ2n) is 6.09. The molecule has 4 heterocycles. The fourth-order valence-electron chi connectivity index (χ4n) is 3.34. The number of aromatic nitrogens is 3. The number of aryl methyl sites for hydroxylation is 1. The number of carbonyl (C=O) groups is 1. The van der Waals surface area contributed by atoms with Gasteiger partial charge >= 0.3 is 0 Å². The van der Waals surface area contributed by atoms with Crippen molar-refractivity contribution in [2.75, 3.05) is 42.5 Å². The van der Waals surface area contributed by atoms with Crippen LogP contribution in [0.1, 0.15) is 17.1 Å². The molecule has 8 heteroatoms. The first-order chi connectivity index (χ1) is 11.7. The van der Waals surface area contributed by atoms with E-state index in [1.54, 1.807) is 11.3 Å². The number of nitrogens with zero attached hydrogens (tertiary/aromatic N) is 5. The van der Waals surface area contributed by atoms with E-state index >= 15 is 0 Å². The first-order valence-corrected chi connectivity index (χ1v) is 9.11. The van der Waals surface area contributed by atoms with Crippen LogP contribution in [0.3, 0.4) is 0 Å². The van der Waals surface area contributed by atoms with Crippen LogP contribution in [0.2, 0.25) is 0 Å². The van der Waals surface area contributed by atoms with Crippen molar-refractivity contribution >= 4 is 28.2 Å². The number of carbonyl (C=O) groups excluding carboxylic acids is 1. The Balaban J connectivity index is 1.64. The Kier molecular flexibility index (Phi) is 4.05. The van der Waals surface area contributed by atoms with Gasteiger partial charge in [0.15, 0.2) is 5.13 Å². The van der Waals surface area contributed by atoms with Crippen LogP contribution >= 0.6 is 11.3 Å². The van der Waals surface area contributed by atoms with Crippen LogP contribution in [-0.2, 0) is 17.6 Å². The third kappa shape index (κ3) is 2.93. The number of anilines is 2. The van der Waals surface area contributed by atoms with Crippen LogP contribution in [0.15, 0.2) is 11.6 Å². The van der Waals surface area contributed by atoms with Crippen molar-refractivity contribution in [3.63, 3.8) is 0 Å². The maximum absolute atomic E-state index is 11.8. The predicted molar refractivity (Wildman–Crippen MR) is 93.7 cm³/mol. The van der Waals surface area contributed by atoms with E-state index in [-0.39, 0.29) is 5.91 Å². The lowest BCUT2D eigenvalue weighted by atomic mass is 10.1. The van der Waals surface area contributed by atoms with Gasteiger partial charge in [0, 0.05) is 49.7 Å². The minimum atomic E-state index is 0.0595. The number of nitrogens with one attached hydrogen (secondary N) is 1. The molecule has 2 aromatic heterocycles. The van der Waals surface area contributed by atoms with Gasteiger partial charge in [0.1, 0.15) is 11.6 Å². The molecule has 7 nitrogen and oxygen atoms in total. The molecule has 2 aliphatic rings. The number of hydrogen-bond acceptors (Lipinski definition) is 7. The molecule has 0 radical (unpaired) electrons. The largest absolute Gasteiger partial charge is 0.353 e. The molecule has 1 fully saturated rings. The van der Waals surface area contributed by atoms with Gasteiger partial charge < -0.3 is 15.1 Å². The molecule has 2 aromatic rings. The number of rotatable bonds is 2. The van der Waals surface area contributed by atoms with Gasteiger partial charge in [-0.3, -0.25) is 4.79 Å². The Bertz CT molecular complexity index is 747. The quantitative estimate of drug-likeness (QED) is 0.868. The van der Waals surface area contributed by atoms with Gasteiger partial charge in [-0.25, -0.2) is 15.0 Å². The Morgan fingerprint density at radius 1 is 1.17 bits per heavy atom. The van der Waals surface area contributed by atoms with E-state index in [4.69, 9.17) is 0 Å². The maximum Gasteiger partial charge on any atom is 0.239 e. The summed E-state index contributed by atoms with van der Waals surface area (Å²) in [5.41, 5.74) is 2.30. The molecule has 0 unspecified atom stereocenters. The van der Waals surface area contributed by atoms with Crippen LogP contribution in [0.5, 0.6) is 0 Å². The highest BCUT2D eigenvalue weighted by molar-refractivity contribution is 7.13. The molecule has 1 N–H and O–H groups in total. The Morgan fingerprint density at radius 3 is 2.83 bits per heavy atom. The zero-order valence-corrected chi connectivity index (χ0v) is 14.5. The van der Waals surface area contributed by atoms with Gasteiger partial charge in [-0.1, -0.05) is 0 Å². The normalized spacial score (nSPS) is 18.1. The number of hydrogen-bond donors (Lipinski definition) is 1. The summed E-state index contributed by atoms with van der Waals surface area (Å²) in [6.45, 7) is 5.58. The molecule has 0 atom stereocenters. The predicted octanol–water partition coefficient (Wildman–Crippen LogP) is 0.783. The van der Waals surface area contributed by atoms with Gasteiger partial charge in [-0.15, -0.1) is 11.3 Å². The summed E-state index contributed by atoms with van der Waals surface area (Å²) in [4.78, 5) is 30.0. The van der Waals surface area contributed by atoms with E-state index in [0.29, 0.717) is 13.1 Å². The molecule has 0 aromatic carbocycles. The van der Waals surface area contributed by atoms with Crippen LogP contribution in [0, 0.1) is 6.92 Å². The van der Waals surface area contributed by atoms with E-state index in [0.717, 1.165) is 54.9 Å². The smallest absolute Gasteiger partial charge is 0.239 e. The topological polar surface area (TPSA) is 74.2 Å². The summed E-state index contributed by atoms with van der Waals surface area (Å²) < 4.78 is 0. The highest BCUT2D eigenvalue weighted by Crippen LogP contribution is 2.27. The van der Waals surface area contributed by atoms with Crippen molar-refractivity contribution in [2.45, 2.75) is 19.8 Å². The van der Waals surface area contributed by atoms with Gasteiger partial charge in [-0.2, -0.15) is 0 Å². The number of piperazine rings is 1. The summed E-state index contributed by atoms with van der Waals surface area (Å²) in [5.74, 6) is 1.77. The molecular formula is C16H20N6OS. The molecule has 2 aliphatic heterocycles. The van der Waals surface area contributed by atoms with Crippen molar-refractivity contribution in [3.05, 3.63) is 28.7 Å². The first-order valence-electron chi connectivity index (χ1n) is 8.23. The lowest BCUT2D eigenvalue weighted by Gasteiger charge is -2.30. The van der Waals surface area contributed by atoms with E-state index in [1.165, 1.54) is 5.56 Å². The summed E-state index contributed by atoms with van der Waals surface area (Å²) in [6.07, 6.45) is 3.60. The fraction of sp³-hybridized carbons (Fsp3) is 0.500. The number of fused-ring (bicyclic) bond motifs is 1. The molecule has 24 heavy (non-hydrogen) atoms. The summed E-state index contributed by atoms with van der Waals surface area (Å²) in [7, 11) is 0. The highest BCUT2D eigenvalue weighted by atomic mass is 32.1. The summed E-state index contributed by atoms with van der Waals surface area (Å²) in [6, 6.07) is 0. The van der Waals surface area contributed by atoms with Crippen molar-refractivity contribution in [1.29, 1.82) is 0 Å². The molecule has 4 rings (SSSR count). The van der Waals surface area contributed by atoms with E-state index < -0.39 is 0 Å². The van der Waals surface area contributed by atoms with Gasteiger partial charge in [0.2, 0.25) is 5.91 Å². The molecule has 0 bridgehead atoms. The van der Waals surface area contributed by atoms with Crippen molar-refractivity contribution in [2.24, 2.45) is 0 Å². The highest BCUT2D eigenvalue weighted by Gasteiger charge is 2.25. The molecule has 1 amide bonds. The molecule has 126 valence electrons. The number of thiazole rings is 1. The Morgan fingerprint density at radius 2 is 2.04 bits per heavy atom. The molecule has 1 saturated heterocycles. The lowest BCUT2D eigenvalue weighted by Crippen LogP contribution is -2.48. The van der Waals surface area contributed by atoms with Gasteiger partial charge in [0.05, 0.1) is 12.2 Å². The van der Waals surface area contributed by atoms with Crippen molar-refractivity contribution < 1.29 is 4.79 Å². The van der Waals surface area contributed by atoms with E-state index in [2.05, 4.69) is 30.1 Å². The summed E-state index contributed by atoms with van der Waals surface area (Å²) in [5, 5.41) is 5.95. The summed E-state index contributed by atoms with van der Waals surface area (Å²) >= 11 is 1.67. The zero-order valence-electron chi connectivity index (χ0n) is 13.7. The first kappa shape index (κ1) is 15.3. The molecule has 0 saturated carbocycles. The zero-order chi connectivity index (χ0) is 16.5. The third-order valence-corrected chi connectivity index (χ3v) is 5.29. The maximum atomic E-state index is 11.8. The van der Waals surface area contributed by atoms with Crippen LogP contribution in [-0.4, -0.2) is 53.6 Å². The number of amides is 1. The fourth-order valence-corrected chi connectivity index (χ4v) is 4.04. The van der Waals surface area contributed by atoms with E-state index in [9.17, 15) is 4.79 Å². The second-order valence-corrected chi connectivity index (χ2v) is 6.97. The van der Waals surface area contributed by atoms with Gasteiger partial charge in [0.25, 0.3) is 0 Å². The Hall–Kier alpha value is -2.22. The van der Waals surface area contributed by atoms with Crippen LogP contribution in [0.4, 0.5) is 10.9 Å².